The van der Waals surface area contributed by atoms with Gasteiger partial charge in [0.15, 0.2) is 0 Å². The van der Waals surface area contributed by atoms with Crippen LogP contribution in [0, 0.1) is 0 Å². The topological polar surface area (TPSA) is 156 Å². The maximum absolute atomic E-state index is 12.3. The number of halogens is 3. The molecule has 2 fully saturated rings. The van der Waals surface area contributed by atoms with Gasteiger partial charge in [-0.3, -0.25) is 14.4 Å². The van der Waals surface area contributed by atoms with E-state index in [0.29, 0.717) is 25.0 Å². The van der Waals surface area contributed by atoms with E-state index >= 15 is 0 Å². The van der Waals surface area contributed by atoms with Crippen LogP contribution in [-0.4, -0.2) is 97.3 Å². The van der Waals surface area contributed by atoms with Crippen molar-refractivity contribution in [2.24, 2.45) is 5.73 Å². The molecule has 2 atom stereocenters. The van der Waals surface area contributed by atoms with E-state index in [-0.39, 0.29) is 31.4 Å². The van der Waals surface area contributed by atoms with Gasteiger partial charge in [-0.15, -0.1) is 0 Å². The molecule has 2 aromatic rings. The number of esters is 1. The lowest BCUT2D eigenvalue weighted by Gasteiger charge is -2.37. The number of carbonyl (C=O) groups excluding carboxylic acids is 4. The number of rotatable bonds is 9. The molecule has 0 bridgehead atoms. The van der Waals surface area contributed by atoms with E-state index in [0.717, 1.165) is 133 Å². The SMILES string of the molecule is CC(=O)OC(Cl)(Cl)Cl.CCCOc1c(C2CCN(C(=O)NCC)CC2)ccc2c1CC[C@H](C)N2C(C)=O.CCCOc1c(C2CCNCC2)ccc2c1CC[C@H](C)N2C(C)=O.CCN.[HH]. The van der Waals surface area contributed by atoms with Crippen molar-refractivity contribution in [3.05, 3.63) is 46.5 Å². The van der Waals surface area contributed by atoms with E-state index in [1.165, 1.54) is 22.3 Å². The molecule has 4 N–H and O–H groups in total. The maximum Gasteiger partial charge on any atom is 0.340 e. The molecule has 2 saturated heterocycles. The van der Waals surface area contributed by atoms with Gasteiger partial charge in [-0.1, -0.05) is 32.9 Å². The third-order valence-electron chi connectivity index (χ3n) is 11.7. The van der Waals surface area contributed by atoms with E-state index in [9.17, 15) is 19.2 Å². The highest BCUT2D eigenvalue weighted by molar-refractivity contribution is 6.66. The van der Waals surface area contributed by atoms with Crippen LogP contribution in [0.15, 0.2) is 24.3 Å². The van der Waals surface area contributed by atoms with Gasteiger partial charge in [0, 0.05) is 65.0 Å². The Morgan fingerprint density at radius 3 is 1.50 bits per heavy atom. The molecule has 0 aliphatic carbocycles. The molecule has 13 nitrogen and oxygen atoms in total. The molecule has 0 radical (unpaired) electrons. The van der Waals surface area contributed by atoms with Crippen molar-refractivity contribution in [1.82, 2.24) is 15.5 Å². The predicted molar refractivity (Wildman–Crippen MR) is 263 cm³/mol. The van der Waals surface area contributed by atoms with Crippen molar-refractivity contribution >= 4 is 70.0 Å². The third kappa shape index (κ3) is 15.8. The van der Waals surface area contributed by atoms with Crippen molar-refractivity contribution in [2.75, 3.05) is 62.3 Å². The summed E-state index contributed by atoms with van der Waals surface area (Å²) in [7, 11) is 0. The van der Waals surface area contributed by atoms with Crippen LogP contribution in [0.5, 0.6) is 11.5 Å². The van der Waals surface area contributed by atoms with Crippen LogP contribution in [-0.2, 0) is 32.0 Å². The Morgan fingerprint density at radius 2 is 1.16 bits per heavy atom. The highest BCUT2D eigenvalue weighted by Gasteiger charge is 2.34. The molecule has 4 aliphatic rings. The van der Waals surface area contributed by atoms with Gasteiger partial charge in [0.25, 0.3) is 0 Å². The molecule has 4 amide bonds. The number of hydrogen-bond acceptors (Lipinski definition) is 9. The summed E-state index contributed by atoms with van der Waals surface area (Å²) < 4.78 is 14.7. The molecule has 16 heteroatoms. The van der Waals surface area contributed by atoms with Crippen molar-refractivity contribution in [1.29, 1.82) is 0 Å². The van der Waals surface area contributed by atoms with Crippen molar-refractivity contribution in [2.45, 2.75) is 154 Å². The van der Waals surface area contributed by atoms with Crippen LogP contribution in [0.2, 0.25) is 0 Å². The van der Waals surface area contributed by atoms with E-state index in [4.69, 9.17) is 50.0 Å². The number of benzene rings is 2. The van der Waals surface area contributed by atoms with Crippen LogP contribution >= 0.6 is 34.8 Å². The smallest absolute Gasteiger partial charge is 0.340 e. The van der Waals surface area contributed by atoms with Gasteiger partial charge in [-0.25, -0.2) is 4.79 Å². The largest absolute Gasteiger partial charge is 0.493 e. The zero-order chi connectivity index (χ0) is 47.6. The lowest BCUT2D eigenvalue weighted by Crippen LogP contribution is -2.44. The first-order valence-corrected chi connectivity index (χ1v) is 24.4. The number of anilines is 2. The average Bonchev–Trinajstić information content (AvgIpc) is 3.24. The first-order valence-electron chi connectivity index (χ1n) is 23.3. The summed E-state index contributed by atoms with van der Waals surface area (Å²) in [4.78, 5) is 52.3. The second kappa shape index (κ2) is 27.2. The first-order chi connectivity index (χ1) is 30.4. The highest BCUT2D eigenvalue weighted by atomic mass is 35.6. The number of alkyl halides is 3. The number of hydrogen-bond donors (Lipinski definition) is 3. The minimum atomic E-state index is -1.91. The first kappa shape index (κ1) is 54.8. The molecule has 64 heavy (non-hydrogen) atoms. The zero-order valence-electron chi connectivity index (χ0n) is 39.8. The van der Waals surface area contributed by atoms with Crippen LogP contribution in [0.25, 0.3) is 0 Å². The van der Waals surface area contributed by atoms with Gasteiger partial charge in [0.05, 0.1) is 24.6 Å². The standard InChI is InChI=1S/C23H35N3O3.C20H30N2O2.C3H3Cl3O2.C2H7N.H2/c1-5-15-29-22-19(18-11-13-25(14-12-18)23(28)24-6-2)9-10-21-20(22)8-7-16(3)26(21)17(4)27;1-4-13-24-20-17(16-9-11-21-12-10-16)7-8-19-18(20)6-5-14(2)22(19)15(3)23;1-2(7)8-3(4,5)6;1-2-3;/h9-10,16,18H,5-8,11-15H2,1-4H3,(H,24,28);7-8,14,16,21H,4-6,9-13H2,1-3H3;1H3;2-3H2,1H3;1H/t16-;14-;;;/m00.../s1. The Bertz CT molecular complexity index is 1820. The molecule has 4 aliphatic heterocycles. The number of nitrogens with two attached hydrogens (primary N) is 1. The second-order valence-corrected chi connectivity index (χ2v) is 19.0. The fourth-order valence-electron chi connectivity index (χ4n) is 8.95. The number of urea groups is 1. The Balaban J connectivity index is 0.000000363. The number of ether oxygens (including phenoxy) is 3. The molecule has 362 valence electrons. The van der Waals surface area contributed by atoms with Gasteiger partial charge in [0.2, 0.25) is 11.8 Å². The molecule has 0 saturated carbocycles. The molecule has 2 aromatic carbocycles. The molecular weight excluding hydrogens is 879 g/mol. The molecule has 0 spiro atoms. The number of amides is 4. The summed E-state index contributed by atoms with van der Waals surface area (Å²) in [6.07, 6.45) is 10.0. The Labute approximate surface area is 399 Å². The van der Waals surface area contributed by atoms with Crippen molar-refractivity contribution in [3.8, 4) is 11.5 Å². The van der Waals surface area contributed by atoms with Gasteiger partial charge >= 0.3 is 16.0 Å². The molecule has 0 aromatic heterocycles. The Kier molecular flexibility index (Phi) is 23.3. The fourth-order valence-corrected chi connectivity index (χ4v) is 9.28. The number of likely N-dealkylation sites (tertiary alicyclic amines) is 1. The van der Waals surface area contributed by atoms with Crippen LogP contribution < -0.4 is 35.6 Å². The second-order valence-electron chi connectivity index (χ2n) is 16.8. The van der Waals surface area contributed by atoms with E-state index in [1.54, 1.807) is 13.8 Å². The quantitative estimate of drug-likeness (QED) is 0.165. The van der Waals surface area contributed by atoms with Gasteiger partial charge in [-0.05, 0) is 175 Å². The Morgan fingerprint density at radius 1 is 0.734 bits per heavy atom. The molecule has 0 unspecified atom stereocenters. The van der Waals surface area contributed by atoms with Gasteiger partial charge in [-0.2, -0.15) is 0 Å². The average molecular weight is 957 g/mol. The highest BCUT2D eigenvalue weighted by Crippen LogP contribution is 2.45. The lowest BCUT2D eigenvalue weighted by molar-refractivity contribution is -0.141. The molecular formula is C48H77Cl3N6O7. The monoisotopic (exact) mass is 954 g/mol. The minimum Gasteiger partial charge on any atom is -0.493 e. The van der Waals surface area contributed by atoms with Crippen molar-refractivity contribution < 1.29 is 34.8 Å². The van der Waals surface area contributed by atoms with E-state index in [1.807, 2.05) is 28.5 Å². The predicted octanol–water partition coefficient (Wildman–Crippen LogP) is 9.79. The fraction of sp³-hybridized carbons (Fsp3) is 0.667. The zero-order valence-corrected chi connectivity index (χ0v) is 42.0. The summed E-state index contributed by atoms with van der Waals surface area (Å²) >= 11 is 15.0. The summed E-state index contributed by atoms with van der Waals surface area (Å²) in [6.45, 7) is 23.3. The van der Waals surface area contributed by atoms with Crippen LogP contribution in [0.3, 0.4) is 0 Å². The molecule has 4 heterocycles. The summed E-state index contributed by atoms with van der Waals surface area (Å²) in [5, 5.41) is 6.34. The Hall–Kier alpha value is -3.49. The lowest BCUT2D eigenvalue weighted by atomic mass is 9.85. The summed E-state index contributed by atoms with van der Waals surface area (Å²) in [5.74, 6) is 2.59. The van der Waals surface area contributed by atoms with E-state index in [2.05, 4.69) is 67.3 Å². The van der Waals surface area contributed by atoms with Gasteiger partial charge in [0.1, 0.15) is 11.5 Å². The van der Waals surface area contributed by atoms with Crippen LogP contribution in [0.1, 0.15) is 149 Å². The minimum absolute atomic E-state index is 0. The summed E-state index contributed by atoms with van der Waals surface area (Å²) in [6, 6.07) is 9.14. The number of fused-ring (bicyclic) bond motifs is 2. The number of nitrogens with one attached hydrogen (secondary N) is 2. The maximum atomic E-state index is 12.3. The molecule has 6 rings (SSSR count). The van der Waals surface area contributed by atoms with Crippen LogP contribution in [0.4, 0.5) is 16.2 Å². The summed E-state index contributed by atoms with van der Waals surface area (Å²) in [5.41, 5.74) is 11.9. The van der Waals surface area contributed by atoms with E-state index < -0.39 is 9.95 Å². The van der Waals surface area contributed by atoms with Gasteiger partial charge < -0.3 is 45.3 Å². The number of carbonyl (C=O) groups is 4. The number of nitrogens with zero attached hydrogens (tertiary/aromatic N) is 3. The number of piperidine rings is 2. The van der Waals surface area contributed by atoms with Crippen molar-refractivity contribution in [3.63, 3.8) is 0 Å². The normalized spacial score (nSPS) is 18.6. The third-order valence-corrected chi connectivity index (χ3v) is 12.0.